The monoisotopic (exact) mass is 464 g/mol. The first-order valence-electron chi connectivity index (χ1n) is 10.5. The Balaban J connectivity index is 2.26. The second-order valence-electron chi connectivity index (χ2n) is 7.60. The molecule has 0 aliphatic carbocycles. The number of carbonyl (C=O) groups is 2. The highest BCUT2D eigenvalue weighted by molar-refractivity contribution is 6.35. The number of nitrogens with zero attached hydrogens (tertiary/aromatic N) is 1. The molecule has 0 heterocycles. The summed E-state index contributed by atoms with van der Waals surface area (Å²) in [5.41, 5.74) is 1.75. The summed E-state index contributed by atoms with van der Waals surface area (Å²) in [6.45, 7) is 7.77. The summed E-state index contributed by atoms with van der Waals surface area (Å²) < 4.78 is 5.72. The molecule has 0 aliphatic heterocycles. The van der Waals surface area contributed by atoms with Crippen molar-refractivity contribution in [3.8, 4) is 5.75 Å². The van der Waals surface area contributed by atoms with Crippen molar-refractivity contribution in [2.24, 2.45) is 0 Å². The number of carbonyl (C=O) groups excluding carboxylic acids is 2. The third-order valence-corrected chi connectivity index (χ3v) is 5.68. The zero-order chi connectivity index (χ0) is 23.0. The number of hydrogen-bond acceptors (Lipinski definition) is 3. The largest absolute Gasteiger partial charge is 0.484 e. The smallest absolute Gasteiger partial charge is 0.261 e. The first-order chi connectivity index (χ1) is 14.7. The van der Waals surface area contributed by atoms with Gasteiger partial charge in [-0.15, -0.1) is 0 Å². The Labute approximate surface area is 194 Å². The molecule has 0 saturated heterocycles. The van der Waals surface area contributed by atoms with Crippen molar-refractivity contribution in [2.45, 2.75) is 59.2 Å². The molecule has 5 nitrogen and oxygen atoms in total. The number of halogens is 2. The summed E-state index contributed by atoms with van der Waals surface area (Å²) in [7, 11) is 0. The van der Waals surface area contributed by atoms with Crippen molar-refractivity contribution in [2.75, 3.05) is 6.61 Å². The molecule has 0 radical (unpaired) electrons. The number of nitrogens with one attached hydrogen (secondary N) is 1. The lowest BCUT2D eigenvalue weighted by molar-refractivity contribution is -0.143. The zero-order valence-corrected chi connectivity index (χ0v) is 20.0. The molecule has 168 valence electrons. The van der Waals surface area contributed by atoms with Crippen LogP contribution in [0.4, 0.5) is 0 Å². The van der Waals surface area contributed by atoms with E-state index in [1.807, 2.05) is 45.9 Å². The van der Waals surface area contributed by atoms with Crippen LogP contribution in [-0.2, 0) is 16.1 Å². The normalized spacial score (nSPS) is 12.7. The second-order valence-corrected chi connectivity index (χ2v) is 8.45. The fourth-order valence-corrected chi connectivity index (χ4v) is 3.60. The molecular weight excluding hydrogens is 435 g/mol. The van der Waals surface area contributed by atoms with Crippen molar-refractivity contribution in [1.29, 1.82) is 0 Å². The first kappa shape index (κ1) is 25.0. The van der Waals surface area contributed by atoms with E-state index in [0.29, 0.717) is 27.8 Å². The fraction of sp³-hybridized carbons (Fsp3) is 0.417. The quantitative estimate of drug-likeness (QED) is 0.511. The van der Waals surface area contributed by atoms with E-state index < -0.39 is 6.04 Å². The Kier molecular flexibility index (Phi) is 9.66. The second kappa shape index (κ2) is 12.0. The standard InChI is InChI=1S/C24H30Cl2N2O3/c1-5-17(4)27-24(30)22(6-2)28(14-18-10-11-19(25)13-21(18)26)23(29)15-31-20-9-7-8-16(3)12-20/h7-13,17,22H,5-6,14-15H2,1-4H3,(H,27,30)/t17-,22-/m1/s1. The van der Waals surface area contributed by atoms with Gasteiger partial charge in [0.2, 0.25) is 5.91 Å². The minimum absolute atomic E-state index is 0.0150. The van der Waals surface area contributed by atoms with Crippen LogP contribution in [0.1, 0.15) is 44.7 Å². The van der Waals surface area contributed by atoms with Gasteiger partial charge in [-0.05, 0) is 62.1 Å². The first-order valence-corrected chi connectivity index (χ1v) is 11.2. The van der Waals surface area contributed by atoms with Crippen LogP contribution in [-0.4, -0.2) is 35.4 Å². The van der Waals surface area contributed by atoms with Crippen molar-refractivity contribution < 1.29 is 14.3 Å². The van der Waals surface area contributed by atoms with Crippen LogP contribution < -0.4 is 10.1 Å². The molecule has 0 spiro atoms. The van der Waals surface area contributed by atoms with Crippen LogP contribution >= 0.6 is 23.2 Å². The lowest BCUT2D eigenvalue weighted by Gasteiger charge is -2.31. The average Bonchev–Trinajstić information content (AvgIpc) is 2.73. The van der Waals surface area contributed by atoms with E-state index in [1.54, 1.807) is 24.3 Å². The number of rotatable bonds is 10. The SMILES string of the molecule is CC[C@@H](C)NC(=O)[C@@H](CC)N(Cc1ccc(Cl)cc1Cl)C(=O)COc1cccc(C)c1. The van der Waals surface area contributed by atoms with Gasteiger partial charge in [-0.25, -0.2) is 0 Å². The molecule has 0 aliphatic rings. The zero-order valence-electron chi connectivity index (χ0n) is 18.5. The number of ether oxygens (including phenoxy) is 1. The van der Waals surface area contributed by atoms with Crippen molar-refractivity contribution in [3.05, 3.63) is 63.6 Å². The van der Waals surface area contributed by atoms with E-state index in [1.165, 1.54) is 4.90 Å². The molecule has 2 aromatic carbocycles. The maximum Gasteiger partial charge on any atom is 0.261 e. The third-order valence-electron chi connectivity index (χ3n) is 5.09. The molecule has 1 N–H and O–H groups in total. The maximum atomic E-state index is 13.2. The Hall–Kier alpha value is -2.24. The fourth-order valence-electron chi connectivity index (χ4n) is 3.13. The lowest BCUT2D eigenvalue weighted by Crippen LogP contribution is -2.51. The summed E-state index contributed by atoms with van der Waals surface area (Å²) in [4.78, 5) is 27.7. The Bertz CT molecular complexity index is 904. The average molecular weight is 465 g/mol. The Morgan fingerprint density at radius 1 is 1.10 bits per heavy atom. The summed E-state index contributed by atoms with van der Waals surface area (Å²) >= 11 is 12.4. The predicted molar refractivity (Wildman–Crippen MR) is 126 cm³/mol. The van der Waals surface area contributed by atoms with Crippen LogP contribution in [0.25, 0.3) is 0 Å². The molecule has 7 heteroatoms. The van der Waals surface area contributed by atoms with Gasteiger partial charge in [-0.1, -0.05) is 55.2 Å². The molecule has 0 bridgehead atoms. The number of aryl methyl sites for hydroxylation is 1. The Morgan fingerprint density at radius 2 is 1.84 bits per heavy atom. The number of amides is 2. The van der Waals surface area contributed by atoms with Gasteiger partial charge < -0.3 is 15.0 Å². The van der Waals surface area contributed by atoms with Crippen LogP contribution in [0.2, 0.25) is 10.0 Å². The molecule has 0 aromatic heterocycles. The molecule has 0 saturated carbocycles. The lowest BCUT2D eigenvalue weighted by atomic mass is 10.1. The van der Waals surface area contributed by atoms with E-state index in [-0.39, 0.29) is 31.0 Å². The summed E-state index contributed by atoms with van der Waals surface area (Å²) in [5.74, 6) is 0.124. The van der Waals surface area contributed by atoms with Crippen molar-refractivity contribution in [3.63, 3.8) is 0 Å². The van der Waals surface area contributed by atoms with Crippen LogP contribution in [0.15, 0.2) is 42.5 Å². The van der Waals surface area contributed by atoms with Gasteiger partial charge in [-0.2, -0.15) is 0 Å². The minimum Gasteiger partial charge on any atom is -0.484 e. The highest BCUT2D eigenvalue weighted by Gasteiger charge is 2.30. The summed E-state index contributed by atoms with van der Waals surface area (Å²) in [6.07, 6.45) is 1.26. The van der Waals surface area contributed by atoms with Crippen molar-refractivity contribution in [1.82, 2.24) is 10.2 Å². The van der Waals surface area contributed by atoms with E-state index in [2.05, 4.69) is 5.32 Å². The molecule has 2 amide bonds. The topological polar surface area (TPSA) is 58.6 Å². The number of hydrogen-bond donors (Lipinski definition) is 1. The van der Waals surface area contributed by atoms with E-state index >= 15 is 0 Å². The van der Waals surface area contributed by atoms with E-state index in [9.17, 15) is 9.59 Å². The van der Waals surface area contributed by atoms with E-state index in [4.69, 9.17) is 27.9 Å². The molecule has 2 rings (SSSR count). The van der Waals surface area contributed by atoms with Gasteiger partial charge in [0, 0.05) is 22.6 Å². The summed E-state index contributed by atoms with van der Waals surface area (Å²) in [6, 6.07) is 12.0. The van der Waals surface area contributed by atoms with Crippen molar-refractivity contribution >= 4 is 35.0 Å². The van der Waals surface area contributed by atoms with Gasteiger partial charge in [-0.3, -0.25) is 9.59 Å². The van der Waals surface area contributed by atoms with Gasteiger partial charge in [0.25, 0.3) is 5.91 Å². The third kappa shape index (κ3) is 7.44. The van der Waals surface area contributed by atoms with Gasteiger partial charge in [0.1, 0.15) is 11.8 Å². The van der Waals surface area contributed by atoms with Gasteiger partial charge in [0.15, 0.2) is 6.61 Å². The summed E-state index contributed by atoms with van der Waals surface area (Å²) in [5, 5.41) is 3.94. The predicted octanol–water partition coefficient (Wildman–Crippen LogP) is 5.40. The molecule has 2 aromatic rings. The molecular formula is C24H30Cl2N2O3. The molecule has 2 atom stereocenters. The van der Waals surface area contributed by atoms with Crippen LogP contribution in [0.5, 0.6) is 5.75 Å². The van der Waals surface area contributed by atoms with Crippen LogP contribution in [0.3, 0.4) is 0 Å². The minimum atomic E-state index is -0.644. The number of benzene rings is 2. The molecule has 0 fully saturated rings. The van der Waals surface area contributed by atoms with Gasteiger partial charge in [0.05, 0.1) is 0 Å². The highest BCUT2D eigenvalue weighted by Crippen LogP contribution is 2.24. The maximum absolute atomic E-state index is 13.2. The molecule has 0 unspecified atom stereocenters. The Morgan fingerprint density at radius 3 is 2.45 bits per heavy atom. The van der Waals surface area contributed by atoms with Gasteiger partial charge >= 0.3 is 0 Å². The van der Waals surface area contributed by atoms with Crippen LogP contribution in [0, 0.1) is 6.92 Å². The molecule has 31 heavy (non-hydrogen) atoms. The van der Waals surface area contributed by atoms with E-state index in [0.717, 1.165) is 12.0 Å². The highest BCUT2D eigenvalue weighted by atomic mass is 35.5.